The maximum absolute atomic E-state index is 6.42. The highest BCUT2D eigenvalue weighted by atomic mass is 16.3. The molecule has 3 nitrogen and oxygen atoms in total. The highest BCUT2D eigenvalue weighted by Gasteiger charge is 2.36. The Morgan fingerprint density at radius 2 is 1.18 bits per heavy atom. The minimum atomic E-state index is -0.224. The van der Waals surface area contributed by atoms with E-state index >= 15 is 0 Å². The molecule has 11 aromatic rings. The van der Waals surface area contributed by atoms with E-state index in [4.69, 9.17) is 4.42 Å². The standard InChI is InChI=1S/C58H42N2O/c1-36(21-32-53-37(2)44-17-12-18-50-47-15-8-10-19-54(47)60(53)57(44)50)40-24-29-45-46-30-27-42(34-52(46)58(3,4)51(45)33-40)59(41-25-22-39(23-26-41)38-13-6-5-7-14-38)43-28-31-49-48-16-9-11-20-55(48)61-56(49)35-43/h5-35H,2H2,1,3-4H3/b36-21+,53-32+. The fraction of sp³-hybridized carbons (Fsp3) is 0.0690. The van der Waals surface area contributed by atoms with E-state index in [1.54, 1.807) is 0 Å². The lowest BCUT2D eigenvalue weighted by Crippen LogP contribution is -2.24. The first-order chi connectivity index (χ1) is 29.8. The first-order valence-electron chi connectivity index (χ1n) is 21.1. The van der Waals surface area contributed by atoms with E-state index in [0.29, 0.717) is 0 Å². The number of aromatic nitrogens is 1. The highest BCUT2D eigenvalue weighted by Crippen LogP contribution is 2.51. The summed E-state index contributed by atoms with van der Waals surface area (Å²) in [6.07, 6.45) is 4.52. The van der Waals surface area contributed by atoms with Crippen LogP contribution in [0.25, 0.3) is 89.6 Å². The predicted molar refractivity (Wildman–Crippen MR) is 258 cm³/mol. The number of nitrogens with zero attached hydrogens (tertiary/aromatic N) is 2. The van der Waals surface area contributed by atoms with Gasteiger partial charge in [0.05, 0.1) is 16.4 Å². The summed E-state index contributed by atoms with van der Waals surface area (Å²) in [5, 5.41) is 8.21. The highest BCUT2D eigenvalue weighted by molar-refractivity contribution is 6.14. The molecule has 0 fully saturated rings. The van der Waals surface area contributed by atoms with Gasteiger partial charge < -0.3 is 13.7 Å². The van der Waals surface area contributed by atoms with Gasteiger partial charge in [-0.05, 0) is 112 Å². The van der Waals surface area contributed by atoms with Crippen molar-refractivity contribution in [3.63, 3.8) is 0 Å². The predicted octanol–water partition coefficient (Wildman–Crippen LogP) is 14.3. The summed E-state index contributed by atoms with van der Waals surface area (Å²) in [7, 11) is 0. The van der Waals surface area contributed by atoms with Gasteiger partial charge in [-0.3, -0.25) is 0 Å². The van der Waals surface area contributed by atoms with Gasteiger partial charge in [-0.25, -0.2) is 0 Å². The van der Waals surface area contributed by atoms with Crippen molar-refractivity contribution >= 4 is 84.4 Å². The van der Waals surface area contributed by atoms with Gasteiger partial charge in [0, 0.05) is 60.7 Å². The van der Waals surface area contributed by atoms with Gasteiger partial charge in [-0.15, -0.1) is 0 Å². The fourth-order valence-electron chi connectivity index (χ4n) is 10.1. The van der Waals surface area contributed by atoms with Crippen LogP contribution in [0.3, 0.4) is 0 Å². The number of rotatable bonds is 6. The van der Waals surface area contributed by atoms with E-state index in [1.165, 1.54) is 71.7 Å². The Kier molecular flexibility index (Phi) is 7.64. The Morgan fingerprint density at radius 3 is 2.02 bits per heavy atom. The lowest BCUT2D eigenvalue weighted by Gasteiger charge is -2.28. The third-order valence-electron chi connectivity index (χ3n) is 13.3. The normalized spacial score (nSPS) is 13.9. The molecule has 8 aromatic carbocycles. The van der Waals surface area contributed by atoms with Crippen molar-refractivity contribution < 1.29 is 4.42 Å². The van der Waals surface area contributed by atoms with E-state index in [2.05, 4.69) is 213 Å². The van der Waals surface area contributed by atoms with Gasteiger partial charge in [-0.1, -0.05) is 142 Å². The second kappa shape index (κ2) is 13.2. The first-order valence-corrected chi connectivity index (χ1v) is 21.1. The third kappa shape index (κ3) is 5.30. The average molecular weight is 783 g/mol. The van der Waals surface area contributed by atoms with Gasteiger partial charge in [0.1, 0.15) is 11.2 Å². The van der Waals surface area contributed by atoms with Gasteiger partial charge >= 0.3 is 0 Å². The molecule has 61 heavy (non-hydrogen) atoms. The summed E-state index contributed by atoms with van der Waals surface area (Å²) in [6, 6.07) is 63.7. The molecule has 290 valence electrons. The van der Waals surface area contributed by atoms with Crippen LogP contribution in [0.5, 0.6) is 0 Å². The minimum absolute atomic E-state index is 0.224. The summed E-state index contributed by atoms with van der Waals surface area (Å²) < 4.78 is 8.81. The fourth-order valence-corrected chi connectivity index (χ4v) is 10.1. The van der Waals surface area contributed by atoms with Gasteiger partial charge in [0.25, 0.3) is 0 Å². The number of para-hydroxylation sites is 3. The van der Waals surface area contributed by atoms with E-state index in [9.17, 15) is 0 Å². The lowest BCUT2D eigenvalue weighted by molar-refractivity contribution is 0.660. The van der Waals surface area contributed by atoms with Gasteiger partial charge in [0.2, 0.25) is 0 Å². The summed E-state index contributed by atoms with van der Waals surface area (Å²) in [6.45, 7) is 11.5. The molecule has 0 aliphatic heterocycles. The molecule has 0 saturated heterocycles. The van der Waals surface area contributed by atoms with Crippen LogP contribution in [0.2, 0.25) is 0 Å². The molecule has 0 bridgehead atoms. The van der Waals surface area contributed by atoms with Crippen molar-refractivity contribution in [1.82, 2.24) is 4.40 Å². The molecular formula is C58H42N2O. The first kappa shape index (κ1) is 35.3. The number of fused-ring (bicyclic) bond motifs is 9. The van der Waals surface area contributed by atoms with Crippen molar-refractivity contribution in [2.24, 2.45) is 0 Å². The molecule has 3 heterocycles. The Hall–Kier alpha value is -7.62. The number of anilines is 3. The van der Waals surface area contributed by atoms with Crippen molar-refractivity contribution in [3.8, 4) is 22.3 Å². The quantitative estimate of drug-likeness (QED) is 0.167. The van der Waals surface area contributed by atoms with Crippen molar-refractivity contribution in [2.45, 2.75) is 26.2 Å². The van der Waals surface area contributed by atoms with E-state index in [1.807, 2.05) is 12.1 Å². The molecule has 0 saturated carbocycles. The molecule has 1 aliphatic rings. The van der Waals surface area contributed by atoms with Crippen LogP contribution in [0.15, 0.2) is 186 Å². The topological polar surface area (TPSA) is 20.8 Å². The largest absolute Gasteiger partial charge is 0.456 e. The number of hydrogen-bond donors (Lipinski definition) is 0. The van der Waals surface area contributed by atoms with Crippen LogP contribution >= 0.6 is 0 Å². The molecule has 0 amide bonds. The second-order valence-corrected chi connectivity index (χ2v) is 17.1. The zero-order valence-corrected chi connectivity index (χ0v) is 34.4. The van der Waals surface area contributed by atoms with E-state index in [0.717, 1.165) is 49.6 Å². The average Bonchev–Trinajstić information content (AvgIpc) is 4.00. The summed E-state index contributed by atoms with van der Waals surface area (Å²) in [4.78, 5) is 2.36. The van der Waals surface area contributed by atoms with Crippen molar-refractivity contribution in [1.29, 1.82) is 0 Å². The summed E-state index contributed by atoms with van der Waals surface area (Å²) >= 11 is 0. The van der Waals surface area contributed by atoms with E-state index in [-0.39, 0.29) is 5.41 Å². The molecule has 0 unspecified atom stereocenters. The zero-order valence-electron chi connectivity index (χ0n) is 34.4. The Morgan fingerprint density at radius 1 is 0.557 bits per heavy atom. The molecular weight excluding hydrogens is 741 g/mol. The van der Waals surface area contributed by atoms with Crippen molar-refractivity contribution in [3.05, 3.63) is 209 Å². The molecule has 0 spiro atoms. The van der Waals surface area contributed by atoms with Crippen LogP contribution in [-0.4, -0.2) is 4.40 Å². The Bertz CT molecular complexity index is 3700. The SMILES string of the molecule is C=c1/c(=C\C=C(/C)c2ccc3c(c2)C(C)(C)c2cc(N(c4ccc(-c5ccccc5)cc4)c4ccc5c(c4)oc4ccccc45)ccc2-3)n2c3ccccc3c3cccc1c32. The van der Waals surface area contributed by atoms with Gasteiger partial charge in [0.15, 0.2) is 0 Å². The van der Waals surface area contributed by atoms with Crippen molar-refractivity contribution in [2.75, 3.05) is 4.90 Å². The molecule has 0 N–H and O–H groups in total. The summed E-state index contributed by atoms with van der Waals surface area (Å²) in [5.41, 5.74) is 17.3. The molecule has 3 aromatic heterocycles. The maximum Gasteiger partial charge on any atom is 0.137 e. The minimum Gasteiger partial charge on any atom is -0.456 e. The molecule has 1 aliphatic carbocycles. The second-order valence-electron chi connectivity index (χ2n) is 17.1. The van der Waals surface area contributed by atoms with Crippen LogP contribution in [-0.2, 0) is 5.41 Å². The van der Waals surface area contributed by atoms with Crippen LogP contribution < -0.4 is 15.5 Å². The maximum atomic E-state index is 6.42. The zero-order chi connectivity index (χ0) is 41.0. The van der Waals surface area contributed by atoms with Crippen LogP contribution in [0.4, 0.5) is 17.1 Å². The molecule has 3 heteroatoms. The molecule has 0 radical (unpaired) electrons. The third-order valence-corrected chi connectivity index (χ3v) is 13.3. The van der Waals surface area contributed by atoms with Crippen LogP contribution in [0.1, 0.15) is 37.5 Å². The lowest BCUT2D eigenvalue weighted by atomic mass is 9.81. The van der Waals surface area contributed by atoms with E-state index < -0.39 is 0 Å². The van der Waals surface area contributed by atoms with Gasteiger partial charge in [-0.2, -0.15) is 0 Å². The number of furan rings is 1. The number of allylic oxidation sites excluding steroid dienone is 2. The summed E-state index contributed by atoms with van der Waals surface area (Å²) in [5.74, 6) is 0. The monoisotopic (exact) mass is 782 g/mol. The number of hydrogen-bond acceptors (Lipinski definition) is 2. The smallest absolute Gasteiger partial charge is 0.137 e. The molecule has 12 rings (SSSR count). The van der Waals surface area contributed by atoms with Crippen LogP contribution in [0, 0.1) is 0 Å². The Labute approximate surface area is 354 Å². The Balaban J connectivity index is 0.943. The number of benzene rings is 8. The molecule has 0 atom stereocenters.